The minimum absolute atomic E-state index is 0.603. The van der Waals surface area contributed by atoms with Crippen LogP contribution >= 0.6 is 7.49 Å². The molecule has 0 amide bonds. The molecule has 0 saturated carbocycles. The third kappa shape index (κ3) is 5.11. The second-order valence-corrected chi connectivity index (χ2v) is 7.87. The molecule has 0 aliphatic heterocycles. The smallest absolute Gasteiger partial charge is 0.137 e. The van der Waals surface area contributed by atoms with Crippen molar-refractivity contribution in [1.29, 1.82) is 0 Å². The Hall–Kier alpha value is -0.720. The predicted octanol–water partition coefficient (Wildman–Crippen LogP) is 3.23. The maximum Gasteiger partial charge on any atom is 0.137 e. The molecule has 0 spiro atoms. The van der Waals surface area contributed by atoms with Gasteiger partial charge >= 0.3 is 0 Å². The second-order valence-electron chi connectivity index (χ2n) is 3.83. The highest BCUT2D eigenvalue weighted by molar-refractivity contribution is 7.69. The van der Waals surface area contributed by atoms with E-state index in [0.717, 1.165) is 5.69 Å². The summed E-state index contributed by atoms with van der Waals surface area (Å²) >= 11 is 0. The highest BCUT2D eigenvalue weighted by Crippen LogP contribution is 2.47. The van der Waals surface area contributed by atoms with E-state index in [2.05, 4.69) is 25.0 Å². The molecule has 0 N–H and O–H groups in total. The van der Waals surface area contributed by atoms with Gasteiger partial charge in [0.2, 0.25) is 0 Å². The van der Waals surface area contributed by atoms with E-state index in [1.165, 1.54) is 0 Å². The van der Waals surface area contributed by atoms with Gasteiger partial charge in [-0.05, 0) is 12.1 Å². The molecule has 0 unspecified atom stereocenters. The zero-order valence-corrected chi connectivity index (χ0v) is 9.87. The molecular weight excluding hydrogens is 193 g/mol. The molecule has 0 radical (unpaired) electrons. The van der Waals surface area contributed by atoms with Gasteiger partial charge in [-0.1, -0.05) is 18.2 Å². The summed E-state index contributed by atoms with van der Waals surface area (Å²) in [4.78, 5) is 4.28. The quantitative estimate of drug-likeness (QED) is 0.552. The van der Waals surface area contributed by atoms with Gasteiger partial charge in [-0.25, -0.2) is 4.52 Å². The topological polar surface area (TPSA) is 21.6 Å². The van der Waals surface area contributed by atoms with Crippen molar-refractivity contribution in [1.82, 2.24) is 0 Å². The minimum atomic E-state index is -1.13. The Morgan fingerprint density at radius 3 is 2.43 bits per heavy atom. The summed E-state index contributed by atoms with van der Waals surface area (Å²) in [6.45, 7) is 7.03. The Morgan fingerprint density at radius 2 is 1.86 bits per heavy atom. The van der Waals surface area contributed by atoms with E-state index in [1.807, 2.05) is 36.5 Å². The highest BCUT2D eigenvalue weighted by atomic mass is 31.2. The normalized spacial score (nSPS) is 12.2. The number of hydrogen-bond donors (Lipinski definition) is 0. The molecule has 0 atom stereocenters. The van der Waals surface area contributed by atoms with Gasteiger partial charge in [0.15, 0.2) is 0 Å². The van der Waals surface area contributed by atoms with Gasteiger partial charge in [-0.3, -0.25) is 4.99 Å². The SMILES string of the molecule is C[P+](C)(C)OCC=Nc1ccccc1. The molecule has 0 heterocycles. The Kier molecular flexibility index (Phi) is 4.24. The van der Waals surface area contributed by atoms with Crippen LogP contribution in [-0.4, -0.2) is 32.8 Å². The molecule has 1 rings (SSSR count). The molecule has 1 aromatic rings. The number of para-hydroxylation sites is 1. The van der Waals surface area contributed by atoms with Crippen LogP contribution in [0.25, 0.3) is 0 Å². The Balaban J connectivity index is 2.35. The predicted molar refractivity (Wildman–Crippen MR) is 65.2 cm³/mol. The third-order valence-corrected chi connectivity index (χ3v) is 2.46. The summed E-state index contributed by atoms with van der Waals surface area (Å²) in [7, 11) is -1.13. The zero-order valence-electron chi connectivity index (χ0n) is 8.97. The molecule has 2 nitrogen and oxygen atoms in total. The van der Waals surface area contributed by atoms with Crippen LogP contribution in [0.15, 0.2) is 35.3 Å². The first-order chi connectivity index (χ1) is 6.58. The largest absolute Gasteiger partial charge is 0.259 e. The summed E-state index contributed by atoms with van der Waals surface area (Å²) in [6.07, 6.45) is 1.82. The number of benzene rings is 1. The van der Waals surface area contributed by atoms with Crippen molar-refractivity contribution in [3.05, 3.63) is 30.3 Å². The number of rotatable bonds is 4. The fourth-order valence-electron chi connectivity index (χ4n) is 0.914. The summed E-state index contributed by atoms with van der Waals surface area (Å²) in [5.74, 6) is 0. The summed E-state index contributed by atoms with van der Waals surface area (Å²) in [5.41, 5.74) is 0.975. The van der Waals surface area contributed by atoms with Crippen molar-refractivity contribution >= 4 is 19.4 Å². The van der Waals surface area contributed by atoms with Crippen LogP contribution in [0.5, 0.6) is 0 Å². The van der Waals surface area contributed by atoms with Crippen LogP contribution < -0.4 is 0 Å². The average molecular weight is 210 g/mol. The Labute approximate surface area is 86.4 Å². The van der Waals surface area contributed by atoms with Crippen LogP contribution in [0.2, 0.25) is 0 Å². The van der Waals surface area contributed by atoms with Gasteiger partial charge in [-0.15, -0.1) is 0 Å². The molecule has 0 aromatic heterocycles. The van der Waals surface area contributed by atoms with Crippen molar-refractivity contribution in [2.24, 2.45) is 4.99 Å². The van der Waals surface area contributed by atoms with Gasteiger partial charge in [0.05, 0.1) is 25.7 Å². The Morgan fingerprint density at radius 1 is 1.21 bits per heavy atom. The lowest BCUT2D eigenvalue weighted by atomic mass is 10.3. The molecule has 0 aliphatic carbocycles. The van der Waals surface area contributed by atoms with E-state index in [9.17, 15) is 0 Å². The molecule has 0 aliphatic rings. The summed E-state index contributed by atoms with van der Waals surface area (Å²) in [6, 6.07) is 9.89. The lowest BCUT2D eigenvalue weighted by molar-refractivity contribution is 0.418. The monoisotopic (exact) mass is 210 g/mol. The van der Waals surface area contributed by atoms with Gasteiger partial charge in [0.25, 0.3) is 0 Å². The first-order valence-electron chi connectivity index (χ1n) is 4.61. The van der Waals surface area contributed by atoms with E-state index in [-0.39, 0.29) is 0 Å². The molecule has 0 fully saturated rings. The van der Waals surface area contributed by atoms with Gasteiger partial charge in [0.1, 0.15) is 14.1 Å². The molecule has 3 heteroatoms. The van der Waals surface area contributed by atoms with Gasteiger partial charge < -0.3 is 0 Å². The fourth-order valence-corrected chi connectivity index (χ4v) is 1.43. The van der Waals surface area contributed by atoms with Crippen LogP contribution in [0, 0.1) is 0 Å². The van der Waals surface area contributed by atoms with E-state index in [4.69, 9.17) is 4.52 Å². The number of hydrogen-bond acceptors (Lipinski definition) is 2. The van der Waals surface area contributed by atoms with Crippen LogP contribution in [0.1, 0.15) is 0 Å². The van der Waals surface area contributed by atoms with Crippen molar-refractivity contribution in [2.45, 2.75) is 0 Å². The van der Waals surface area contributed by atoms with E-state index < -0.39 is 7.49 Å². The van der Waals surface area contributed by atoms with Crippen molar-refractivity contribution < 1.29 is 4.52 Å². The highest BCUT2D eigenvalue weighted by Gasteiger charge is 2.16. The van der Waals surface area contributed by atoms with Crippen molar-refractivity contribution in [3.8, 4) is 0 Å². The lowest BCUT2D eigenvalue weighted by Crippen LogP contribution is -1.96. The zero-order chi connectivity index (χ0) is 10.4. The summed E-state index contributed by atoms with van der Waals surface area (Å²) < 4.78 is 5.61. The maximum absolute atomic E-state index is 5.61. The van der Waals surface area contributed by atoms with Crippen LogP contribution in [0.4, 0.5) is 5.69 Å². The molecule has 76 valence electrons. The number of aliphatic imine (C=N–C) groups is 1. The minimum Gasteiger partial charge on any atom is -0.259 e. The van der Waals surface area contributed by atoms with Gasteiger partial charge in [0, 0.05) is 6.21 Å². The molecule has 0 saturated heterocycles. The van der Waals surface area contributed by atoms with Crippen LogP contribution in [-0.2, 0) is 4.52 Å². The second kappa shape index (κ2) is 5.23. The molecule has 0 bridgehead atoms. The van der Waals surface area contributed by atoms with E-state index >= 15 is 0 Å². The average Bonchev–Trinajstić information content (AvgIpc) is 2.13. The molecule has 14 heavy (non-hydrogen) atoms. The Bertz CT molecular complexity index is 290. The van der Waals surface area contributed by atoms with E-state index in [1.54, 1.807) is 0 Å². The fraction of sp³-hybridized carbons (Fsp3) is 0.364. The van der Waals surface area contributed by atoms with E-state index in [0.29, 0.717) is 6.61 Å². The van der Waals surface area contributed by atoms with Crippen molar-refractivity contribution in [3.63, 3.8) is 0 Å². The number of nitrogens with zero attached hydrogens (tertiary/aromatic N) is 1. The van der Waals surface area contributed by atoms with Gasteiger partial charge in [-0.2, -0.15) is 0 Å². The van der Waals surface area contributed by atoms with Crippen LogP contribution in [0.3, 0.4) is 0 Å². The first kappa shape index (κ1) is 11.4. The lowest BCUT2D eigenvalue weighted by Gasteiger charge is -2.08. The summed E-state index contributed by atoms with van der Waals surface area (Å²) in [5, 5.41) is 0. The maximum atomic E-state index is 5.61. The first-order valence-corrected chi connectivity index (χ1v) is 7.66. The third-order valence-electron chi connectivity index (χ3n) is 1.53. The standard InChI is InChI=1S/C11H17NOP/c1-14(2,3)13-10-9-12-11-7-5-4-6-8-11/h4-9H,10H2,1-3H3/q+1. The molecule has 1 aromatic carbocycles. The van der Waals surface area contributed by atoms with Crippen molar-refractivity contribution in [2.75, 3.05) is 26.6 Å². The molecular formula is C11H17NOP+.